The molecule has 1 aliphatic carbocycles. The van der Waals surface area contributed by atoms with Gasteiger partial charge in [0.25, 0.3) is 0 Å². The highest BCUT2D eigenvalue weighted by atomic mass is 32.2. The lowest BCUT2D eigenvalue weighted by atomic mass is 9.63. The van der Waals surface area contributed by atoms with Crippen molar-refractivity contribution in [1.82, 2.24) is 19.8 Å². The fourth-order valence-electron chi connectivity index (χ4n) is 4.43. The van der Waals surface area contributed by atoms with Crippen LogP contribution in [0.1, 0.15) is 36.8 Å². The Balaban J connectivity index is 1.37. The lowest BCUT2D eigenvalue weighted by Crippen LogP contribution is -2.44. The van der Waals surface area contributed by atoms with Gasteiger partial charge in [0.15, 0.2) is 0 Å². The molecule has 0 atom stereocenters. The molecule has 0 amide bonds. The molecule has 4 rings (SSSR count). The molecule has 0 bridgehead atoms. The van der Waals surface area contributed by atoms with Crippen molar-refractivity contribution in [2.45, 2.75) is 44.3 Å². The number of aliphatic hydroxyl groups excluding tert-OH is 1. The van der Waals surface area contributed by atoms with Crippen LogP contribution in [0.15, 0.2) is 45.9 Å². The molecular formula is C23H26F3N5O4S. The fourth-order valence-corrected chi connectivity index (χ4v) is 5.62. The van der Waals surface area contributed by atoms with Crippen LogP contribution in [0.4, 0.5) is 19.0 Å². The highest BCUT2D eigenvalue weighted by Gasteiger charge is 2.41. The first-order valence-corrected chi connectivity index (χ1v) is 12.7. The number of aliphatic hydroxyl groups is 1. The summed E-state index contributed by atoms with van der Waals surface area (Å²) in [7, 11) is -3.87. The number of hydrogen-bond acceptors (Lipinski definition) is 8. The second kappa shape index (κ2) is 9.79. The molecule has 194 valence electrons. The Kier molecular flexibility index (Phi) is 7.08. The van der Waals surface area contributed by atoms with Crippen LogP contribution in [0.2, 0.25) is 0 Å². The first kappa shape index (κ1) is 26.0. The predicted molar refractivity (Wildman–Crippen MR) is 124 cm³/mol. The summed E-state index contributed by atoms with van der Waals surface area (Å²) in [5.74, 6) is -0.555. The van der Waals surface area contributed by atoms with Crippen LogP contribution in [0.3, 0.4) is 0 Å². The predicted octanol–water partition coefficient (Wildman–Crippen LogP) is 3.76. The molecule has 0 aliphatic heterocycles. The molecule has 2 aromatic heterocycles. The number of alkyl halides is 3. The monoisotopic (exact) mass is 525 g/mol. The number of halogens is 3. The van der Waals surface area contributed by atoms with E-state index >= 15 is 0 Å². The molecule has 3 aromatic rings. The maximum atomic E-state index is 12.8. The van der Waals surface area contributed by atoms with Crippen LogP contribution in [-0.4, -0.2) is 41.8 Å². The lowest BCUT2D eigenvalue weighted by Gasteiger charge is -2.45. The summed E-state index contributed by atoms with van der Waals surface area (Å²) in [5.41, 5.74) is 1.22. The summed E-state index contributed by atoms with van der Waals surface area (Å²) in [4.78, 5) is 7.58. The quantitative estimate of drug-likeness (QED) is 0.385. The van der Waals surface area contributed by atoms with E-state index in [1.807, 2.05) is 0 Å². The minimum atomic E-state index is -4.73. The maximum absolute atomic E-state index is 12.8. The Bertz CT molecular complexity index is 1320. The highest BCUT2D eigenvalue weighted by molar-refractivity contribution is 7.89. The third-order valence-corrected chi connectivity index (χ3v) is 7.77. The highest BCUT2D eigenvalue weighted by Crippen LogP contribution is 2.45. The second-order valence-corrected chi connectivity index (χ2v) is 11.0. The maximum Gasteiger partial charge on any atom is 0.471 e. The number of rotatable bonds is 9. The molecule has 3 N–H and O–H groups in total. The Morgan fingerprint density at radius 2 is 1.92 bits per heavy atom. The van der Waals surface area contributed by atoms with Gasteiger partial charge in [0.2, 0.25) is 15.8 Å². The first-order valence-electron chi connectivity index (χ1n) is 11.2. The van der Waals surface area contributed by atoms with Gasteiger partial charge in [-0.3, -0.25) is 0 Å². The number of nitrogens with one attached hydrogen (secondary N) is 2. The molecule has 2 heterocycles. The van der Waals surface area contributed by atoms with E-state index in [4.69, 9.17) is 0 Å². The Morgan fingerprint density at radius 1 is 1.22 bits per heavy atom. The van der Waals surface area contributed by atoms with Crippen molar-refractivity contribution >= 4 is 15.8 Å². The van der Waals surface area contributed by atoms with Gasteiger partial charge in [-0.2, -0.15) is 18.2 Å². The smallest absolute Gasteiger partial charge is 0.396 e. The summed E-state index contributed by atoms with van der Waals surface area (Å²) in [6.07, 6.45) is -1.60. The standard InChI is InChI=1S/C23H26F3N5O4S/c1-14-8-22(9-14,13-32)12-28-19-7-15(2)18(11-27-19)36(33,34)29-10-16-3-5-17(6-4-16)20-30-21(35-31-20)23(24,25)26/h3-7,11,14,29,32H,8-10,12-13H2,1-2H3,(H,27,28). The summed E-state index contributed by atoms with van der Waals surface area (Å²) < 4.78 is 70.3. The van der Waals surface area contributed by atoms with Crippen molar-refractivity contribution in [3.05, 3.63) is 53.5 Å². The largest absolute Gasteiger partial charge is 0.471 e. The molecule has 0 unspecified atom stereocenters. The number of anilines is 1. The fraction of sp³-hybridized carbons (Fsp3) is 0.435. The topological polar surface area (TPSA) is 130 Å². The van der Waals surface area contributed by atoms with Gasteiger partial charge >= 0.3 is 12.1 Å². The number of aryl methyl sites for hydroxylation is 1. The van der Waals surface area contributed by atoms with Gasteiger partial charge in [0.05, 0.1) is 6.61 Å². The Labute approximate surface area is 206 Å². The van der Waals surface area contributed by atoms with Crippen LogP contribution in [0, 0.1) is 18.3 Å². The molecule has 0 radical (unpaired) electrons. The van der Waals surface area contributed by atoms with E-state index in [2.05, 4.69) is 36.6 Å². The minimum absolute atomic E-state index is 0.0327. The lowest BCUT2D eigenvalue weighted by molar-refractivity contribution is -0.159. The van der Waals surface area contributed by atoms with Crippen molar-refractivity contribution in [2.75, 3.05) is 18.5 Å². The first-order chi connectivity index (χ1) is 16.9. The van der Waals surface area contributed by atoms with Gasteiger partial charge < -0.3 is 14.9 Å². The SMILES string of the molecule is Cc1cc(NCC2(CO)CC(C)C2)ncc1S(=O)(=O)NCc1ccc(-c2noc(C(F)(F)F)n2)cc1. The van der Waals surface area contributed by atoms with Crippen LogP contribution >= 0.6 is 0 Å². The summed E-state index contributed by atoms with van der Waals surface area (Å²) in [6, 6.07) is 7.71. The molecule has 1 fully saturated rings. The zero-order chi connectivity index (χ0) is 26.1. The molecular weight excluding hydrogens is 499 g/mol. The van der Waals surface area contributed by atoms with Gasteiger partial charge in [-0.15, -0.1) is 0 Å². The summed E-state index contributed by atoms with van der Waals surface area (Å²) in [5, 5.41) is 16.2. The second-order valence-electron chi connectivity index (χ2n) is 9.30. The molecule has 1 saturated carbocycles. The van der Waals surface area contributed by atoms with E-state index in [0.29, 0.717) is 35.0 Å². The van der Waals surface area contributed by atoms with E-state index in [1.165, 1.54) is 18.3 Å². The number of sulfonamides is 1. The van der Waals surface area contributed by atoms with Crippen molar-refractivity contribution in [3.63, 3.8) is 0 Å². The zero-order valence-corrected chi connectivity index (χ0v) is 20.4. The van der Waals surface area contributed by atoms with E-state index in [0.717, 1.165) is 12.8 Å². The van der Waals surface area contributed by atoms with E-state index in [9.17, 15) is 26.7 Å². The summed E-state index contributed by atoms with van der Waals surface area (Å²) in [6.45, 7) is 4.41. The molecule has 0 spiro atoms. The third-order valence-electron chi connectivity index (χ3n) is 6.24. The zero-order valence-electron chi connectivity index (χ0n) is 19.6. The average Bonchev–Trinajstić information content (AvgIpc) is 3.31. The molecule has 1 aromatic carbocycles. The Hall–Kier alpha value is -3.03. The molecule has 36 heavy (non-hydrogen) atoms. The van der Waals surface area contributed by atoms with Crippen LogP contribution in [0.5, 0.6) is 0 Å². The van der Waals surface area contributed by atoms with Gasteiger partial charge in [-0.25, -0.2) is 18.1 Å². The number of aromatic nitrogens is 3. The average molecular weight is 526 g/mol. The van der Waals surface area contributed by atoms with Crippen LogP contribution < -0.4 is 10.0 Å². The van der Waals surface area contributed by atoms with Crippen molar-refractivity contribution in [1.29, 1.82) is 0 Å². The van der Waals surface area contributed by atoms with Crippen molar-refractivity contribution < 1.29 is 31.2 Å². The number of hydrogen-bond donors (Lipinski definition) is 3. The van der Waals surface area contributed by atoms with Gasteiger partial charge in [-0.1, -0.05) is 36.3 Å². The molecule has 13 heteroatoms. The molecule has 0 saturated heterocycles. The van der Waals surface area contributed by atoms with E-state index in [1.54, 1.807) is 25.1 Å². The summed E-state index contributed by atoms with van der Waals surface area (Å²) >= 11 is 0. The van der Waals surface area contributed by atoms with E-state index in [-0.39, 0.29) is 29.3 Å². The number of pyridine rings is 1. The number of benzene rings is 1. The van der Waals surface area contributed by atoms with Gasteiger partial charge in [0.1, 0.15) is 10.7 Å². The van der Waals surface area contributed by atoms with Crippen molar-refractivity contribution in [3.8, 4) is 11.4 Å². The number of nitrogens with zero attached hydrogens (tertiary/aromatic N) is 3. The normalized spacial score (nSPS) is 20.2. The van der Waals surface area contributed by atoms with Gasteiger partial charge in [0, 0.05) is 30.3 Å². The molecule has 1 aliphatic rings. The van der Waals surface area contributed by atoms with Crippen LogP contribution in [0.25, 0.3) is 11.4 Å². The Morgan fingerprint density at radius 3 is 2.47 bits per heavy atom. The van der Waals surface area contributed by atoms with Crippen LogP contribution in [-0.2, 0) is 22.7 Å². The molecule has 9 nitrogen and oxygen atoms in total. The van der Waals surface area contributed by atoms with Gasteiger partial charge in [-0.05, 0) is 42.9 Å². The third kappa shape index (κ3) is 5.68. The minimum Gasteiger partial charge on any atom is -0.396 e. The van der Waals surface area contributed by atoms with Crippen molar-refractivity contribution in [2.24, 2.45) is 11.3 Å². The van der Waals surface area contributed by atoms with E-state index < -0.39 is 22.1 Å².